The number of rotatable bonds is 5. The van der Waals surface area contributed by atoms with Crippen molar-refractivity contribution in [3.05, 3.63) is 12.2 Å². The van der Waals surface area contributed by atoms with Gasteiger partial charge in [-0.2, -0.15) is 0 Å². The van der Waals surface area contributed by atoms with Crippen LogP contribution in [0.25, 0.3) is 0 Å². The molecule has 0 heterocycles. The third kappa shape index (κ3) is 14.3. The molecule has 0 spiro atoms. The fourth-order valence-electron chi connectivity index (χ4n) is 0.732. The predicted octanol–water partition coefficient (Wildman–Crippen LogP) is 1.65. The number of nitrogens with zero attached hydrogens (tertiary/aromatic N) is 1. The van der Waals surface area contributed by atoms with Gasteiger partial charge in [0.2, 0.25) is 5.91 Å². The van der Waals surface area contributed by atoms with Gasteiger partial charge < -0.3 is 10.6 Å². The zero-order valence-corrected chi connectivity index (χ0v) is 10.6. The summed E-state index contributed by atoms with van der Waals surface area (Å²) in [5.41, 5.74) is 5.52. The molecule has 0 aliphatic carbocycles. The molecule has 0 aromatic carbocycles. The van der Waals surface area contributed by atoms with Crippen LogP contribution in [0.3, 0.4) is 0 Å². The van der Waals surface area contributed by atoms with Gasteiger partial charge in [0.25, 0.3) is 0 Å². The zero-order valence-electron chi connectivity index (χ0n) is 9.05. The van der Waals surface area contributed by atoms with Gasteiger partial charge in [0.15, 0.2) is 0 Å². The molecule has 0 saturated heterocycles. The highest BCUT2D eigenvalue weighted by Gasteiger charge is 2.00. The van der Waals surface area contributed by atoms with Crippen molar-refractivity contribution in [1.82, 2.24) is 4.90 Å². The number of amides is 1. The number of hydrogen-bond donors (Lipinski definition) is 1. The van der Waals surface area contributed by atoms with Crippen molar-refractivity contribution in [2.45, 2.75) is 12.8 Å². The van der Waals surface area contributed by atoms with Crippen LogP contribution in [-0.2, 0) is 4.79 Å². The molecule has 0 bridgehead atoms. The molecule has 3 nitrogen and oxygen atoms in total. The second-order valence-corrected chi connectivity index (χ2v) is 2.87. The first-order chi connectivity index (χ1) is 6.04. The van der Waals surface area contributed by atoms with Crippen LogP contribution in [0, 0.1) is 0 Å². The summed E-state index contributed by atoms with van der Waals surface area (Å²) in [6.45, 7) is 4.52. The lowest BCUT2D eigenvalue weighted by atomic mass is 10.1. The van der Waals surface area contributed by atoms with Crippen LogP contribution in [0.1, 0.15) is 12.8 Å². The summed E-state index contributed by atoms with van der Waals surface area (Å²) in [5, 5.41) is 0. The van der Waals surface area contributed by atoms with Crippen LogP contribution in [0.4, 0.5) is 0 Å². The Morgan fingerprint density at radius 2 is 1.86 bits per heavy atom. The summed E-state index contributed by atoms with van der Waals surface area (Å²) in [6, 6.07) is 0. The Kier molecular flexibility index (Phi) is 17.6. The molecule has 0 fully saturated rings. The number of carbonyl (C=O) groups is 1. The molecule has 5 heteroatoms. The summed E-state index contributed by atoms with van der Waals surface area (Å²) in [7, 11) is 3.99. The molecule has 0 unspecified atom stereocenters. The van der Waals surface area contributed by atoms with Gasteiger partial charge in [-0.1, -0.05) is 6.58 Å². The minimum absolute atomic E-state index is 0. The molecule has 2 N–H and O–H groups in total. The SMILES string of the molecule is C=C(CCCN(C)C)C(N)=O.CCl.Cl. The molecule has 0 aromatic heterocycles. The standard InChI is InChI=1S/C8H16N2O.CH3Cl.ClH/c1-7(8(9)11)5-4-6-10(2)3;1-2;/h1,4-6H2,2-3H3,(H2,9,11);1H3;1H. The Bertz CT molecular complexity index is 161. The third-order valence-corrected chi connectivity index (χ3v) is 1.43. The van der Waals surface area contributed by atoms with Crippen LogP contribution < -0.4 is 5.73 Å². The van der Waals surface area contributed by atoms with Crippen LogP contribution in [0.15, 0.2) is 12.2 Å². The quantitative estimate of drug-likeness (QED) is 0.589. The summed E-state index contributed by atoms with van der Waals surface area (Å²) >= 11 is 4.64. The lowest BCUT2D eigenvalue weighted by Crippen LogP contribution is -2.16. The highest BCUT2D eigenvalue weighted by atomic mass is 35.5. The Labute approximate surface area is 97.7 Å². The van der Waals surface area contributed by atoms with Gasteiger partial charge in [-0.3, -0.25) is 4.79 Å². The second-order valence-electron chi connectivity index (χ2n) is 2.87. The van der Waals surface area contributed by atoms with Crippen molar-refractivity contribution in [2.75, 3.05) is 27.0 Å². The summed E-state index contributed by atoms with van der Waals surface area (Å²) in [6.07, 6.45) is 3.11. The topological polar surface area (TPSA) is 46.3 Å². The van der Waals surface area contributed by atoms with Gasteiger partial charge in [-0.25, -0.2) is 0 Å². The van der Waals surface area contributed by atoms with E-state index in [9.17, 15) is 4.79 Å². The Balaban J connectivity index is -0.000000376. The van der Waals surface area contributed by atoms with Crippen molar-refractivity contribution in [3.63, 3.8) is 0 Å². The number of alkyl halides is 1. The van der Waals surface area contributed by atoms with Crippen molar-refractivity contribution in [1.29, 1.82) is 0 Å². The number of primary amides is 1. The molecule has 0 rings (SSSR count). The maximum Gasteiger partial charge on any atom is 0.244 e. The molecule has 0 aliphatic heterocycles. The number of nitrogens with two attached hydrogens (primary N) is 1. The lowest BCUT2D eigenvalue weighted by Gasteiger charge is -2.08. The number of halogens is 2. The first-order valence-electron chi connectivity index (χ1n) is 4.04. The van der Waals surface area contributed by atoms with Crippen LogP contribution >= 0.6 is 24.0 Å². The second kappa shape index (κ2) is 12.8. The summed E-state index contributed by atoms with van der Waals surface area (Å²) in [5.74, 6) is -0.385. The van der Waals surface area contributed by atoms with Gasteiger partial charge in [0.05, 0.1) is 0 Å². The molecule has 86 valence electrons. The van der Waals surface area contributed by atoms with Gasteiger partial charge in [-0.05, 0) is 33.5 Å². The van der Waals surface area contributed by atoms with E-state index in [-0.39, 0.29) is 18.3 Å². The van der Waals surface area contributed by atoms with Crippen molar-refractivity contribution in [3.8, 4) is 0 Å². The van der Waals surface area contributed by atoms with E-state index < -0.39 is 0 Å². The lowest BCUT2D eigenvalue weighted by molar-refractivity contribution is -0.114. The molecule has 0 saturated carbocycles. The molecular weight excluding hydrogens is 223 g/mol. The van der Waals surface area contributed by atoms with Crippen molar-refractivity contribution in [2.24, 2.45) is 5.73 Å². The van der Waals surface area contributed by atoms with Gasteiger partial charge in [0.1, 0.15) is 0 Å². The highest BCUT2D eigenvalue weighted by Crippen LogP contribution is 2.00. The Morgan fingerprint density at radius 3 is 2.14 bits per heavy atom. The fraction of sp³-hybridized carbons (Fsp3) is 0.667. The molecule has 0 aromatic rings. The van der Waals surface area contributed by atoms with Gasteiger partial charge >= 0.3 is 0 Å². The first kappa shape index (κ1) is 19.3. The first-order valence-corrected chi connectivity index (χ1v) is 4.79. The average molecular weight is 243 g/mol. The number of carbonyl (C=O) groups excluding carboxylic acids is 1. The largest absolute Gasteiger partial charge is 0.366 e. The molecule has 14 heavy (non-hydrogen) atoms. The molecule has 0 aliphatic rings. The van der Waals surface area contributed by atoms with E-state index in [0.29, 0.717) is 12.0 Å². The summed E-state index contributed by atoms with van der Waals surface area (Å²) < 4.78 is 0. The Hall–Kier alpha value is -0.250. The van der Waals surface area contributed by atoms with E-state index in [1.165, 1.54) is 6.38 Å². The highest BCUT2D eigenvalue weighted by molar-refractivity contribution is 6.15. The average Bonchev–Trinajstić information content (AvgIpc) is 2.07. The van der Waals surface area contributed by atoms with E-state index in [4.69, 9.17) is 5.73 Å². The monoisotopic (exact) mass is 242 g/mol. The minimum Gasteiger partial charge on any atom is -0.366 e. The maximum atomic E-state index is 10.5. The van der Waals surface area contributed by atoms with Crippen molar-refractivity contribution >= 4 is 29.9 Å². The van der Waals surface area contributed by atoms with Gasteiger partial charge in [0, 0.05) is 12.0 Å². The van der Waals surface area contributed by atoms with Crippen LogP contribution in [0.5, 0.6) is 0 Å². The van der Waals surface area contributed by atoms with E-state index in [1.807, 2.05) is 14.1 Å². The third-order valence-electron chi connectivity index (χ3n) is 1.43. The van der Waals surface area contributed by atoms with Crippen LogP contribution in [-0.4, -0.2) is 37.8 Å². The van der Waals surface area contributed by atoms with Gasteiger partial charge in [-0.15, -0.1) is 24.0 Å². The maximum absolute atomic E-state index is 10.5. The molecule has 0 atom stereocenters. The molecule has 0 radical (unpaired) electrons. The predicted molar refractivity (Wildman–Crippen MR) is 65.1 cm³/mol. The normalized spacial score (nSPS) is 8.36. The van der Waals surface area contributed by atoms with E-state index in [1.54, 1.807) is 0 Å². The van der Waals surface area contributed by atoms with E-state index in [0.717, 1.165) is 13.0 Å². The summed E-state index contributed by atoms with van der Waals surface area (Å²) in [4.78, 5) is 12.5. The van der Waals surface area contributed by atoms with Crippen LogP contribution in [0.2, 0.25) is 0 Å². The smallest absolute Gasteiger partial charge is 0.244 e. The zero-order chi connectivity index (χ0) is 10.9. The fourth-order valence-corrected chi connectivity index (χ4v) is 0.732. The van der Waals surface area contributed by atoms with E-state index in [2.05, 4.69) is 23.1 Å². The van der Waals surface area contributed by atoms with E-state index >= 15 is 0 Å². The molecule has 1 amide bonds. The minimum atomic E-state index is -0.385. The van der Waals surface area contributed by atoms with Crippen molar-refractivity contribution < 1.29 is 4.79 Å². The molecular formula is C9H20Cl2N2O. The number of hydrogen-bond acceptors (Lipinski definition) is 2. The Morgan fingerprint density at radius 1 is 1.43 bits per heavy atom.